The highest BCUT2D eigenvalue weighted by molar-refractivity contribution is 7.09. The van der Waals surface area contributed by atoms with Crippen molar-refractivity contribution < 1.29 is 0 Å². The molecule has 1 aromatic rings. The van der Waals surface area contributed by atoms with E-state index in [0.717, 1.165) is 17.4 Å². The Morgan fingerprint density at radius 1 is 1.50 bits per heavy atom. The molecule has 80 valence electrons. The average molecular weight is 214 g/mol. The minimum Gasteiger partial charge on any atom is -0.358 e. The smallest absolute Gasteiger partial charge is 0.202 e. The first-order valence-electron chi connectivity index (χ1n) is 4.96. The zero-order valence-electron chi connectivity index (χ0n) is 8.95. The number of anilines is 1. The Hall–Kier alpha value is -0.680. The zero-order chi connectivity index (χ0) is 10.6. The highest BCUT2D eigenvalue weighted by Gasteiger charge is 2.12. The van der Waals surface area contributed by atoms with E-state index in [9.17, 15) is 0 Å². The van der Waals surface area contributed by atoms with E-state index in [1.807, 2.05) is 0 Å². The standard InChI is InChI=1S/C9H18N4S/c1-4-8-12-9(14-13-8)11-7(3)6(2)5-10/h6-7H,4-5,10H2,1-3H3,(H,11,12,13). The fraction of sp³-hybridized carbons (Fsp3) is 0.778. The maximum absolute atomic E-state index is 5.59. The van der Waals surface area contributed by atoms with Crippen LogP contribution in [0.3, 0.4) is 0 Å². The number of nitrogens with zero attached hydrogens (tertiary/aromatic N) is 2. The summed E-state index contributed by atoms with van der Waals surface area (Å²) in [5.41, 5.74) is 5.59. The van der Waals surface area contributed by atoms with Crippen molar-refractivity contribution in [2.45, 2.75) is 33.2 Å². The van der Waals surface area contributed by atoms with E-state index in [0.29, 0.717) is 18.5 Å². The third-order valence-electron chi connectivity index (χ3n) is 2.36. The fourth-order valence-corrected chi connectivity index (χ4v) is 1.74. The van der Waals surface area contributed by atoms with Gasteiger partial charge in [0.25, 0.3) is 0 Å². The monoisotopic (exact) mass is 214 g/mol. The van der Waals surface area contributed by atoms with Crippen molar-refractivity contribution in [3.05, 3.63) is 5.82 Å². The molecule has 1 rings (SSSR count). The molecule has 0 aliphatic carbocycles. The number of aryl methyl sites for hydroxylation is 1. The van der Waals surface area contributed by atoms with Crippen molar-refractivity contribution in [1.29, 1.82) is 0 Å². The lowest BCUT2D eigenvalue weighted by Crippen LogP contribution is -2.29. The normalized spacial score (nSPS) is 15.1. The summed E-state index contributed by atoms with van der Waals surface area (Å²) in [7, 11) is 0. The van der Waals surface area contributed by atoms with Gasteiger partial charge >= 0.3 is 0 Å². The predicted molar refractivity (Wildman–Crippen MR) is 60.6 cm³/mol. The van der Waals surface area contributed by atoms with E-state index >= 15 is 0 Å². The first-order valence-corrected chi connectivity index (χ1v) is 5.73. The topological polar surface area (TPSA) is 63.8 Å². The molecule has 0 fully saturated rings. The average Bonchev–Trinajstić information content (AvgIpc) is 2.64. The summed E-state index contributed by atoms with van der Waals surface area (Å²) < 4.78 is 4.21. The molecule has 0 amide bonds. The van der Waals surface area contributed by atoms with Crippen LogP contribution < -0.4 is 11.1 Å². The van der Waals surface area contributed by atoms with Gasteiger partial charge in [-0.25, -0.2) is 4.98 Å². The summed E-state index contributed by atoms with van der Waals surface area (Å²) in [5.74, 6) is 1.36. The fourth-order valence-electron chi connectivity index (χ4n) is 0.997. The van der Waals surface area contributed by atoms with Gasteiger partial charge in [0, 0.05) is 24.0 Å². The molecular weight excluding hydrogens is 196 g/mol. The Balaban J connectivity index is 2.51. The Morgan fingerprint density at radius 3 is 2.71 bits per heavy atom. The molecule has 0 aliphatic heterocycles. The Labute approximate surface area is 89.1 Å². The molecule has 2 atom stereocenters. The van der Waals surface area contributed by atoms with Gasteiger partial charge in [-0.2, -0.15) is 4.37 Å². The number of hydrogen-bond acceptors (Lipinski definition) is 5. The molecule has 0 radical (unpaired) electrons. The molecule has 1 heterocycles. The van der Waals surface area contributed by atoms with Gasteiger partial charge in [-0.1, -0.05) is 13.8 Å². The highest BCUT2D eigenvalue weighted by atomic mass is 32.1. The number of nitrogens with one attached hydrogen (secondary N) is 1. The van der Waals surface area contributed by atoms with Gasteiger partial charge in [0.2, 0.25) is 5.13 Å². The van der Waals surface area contributed by atoms with Gasteiger partial charge in [-0.05, 0) is 19.4 Å². The minimum atomic E-state index is 0.345. The number of nitrogens with two attached hydrogens (primary N) is 1. The predicted octanol–water partition coefficient (Wildman–Crippen LogP) is 1.50. The molecule has 0 spiro atoms. The molecule has 14 heavy (non-hydrogen) atoms. The third-order valence-corrected chi connectivity index (χ3v) is 3.04. The van der Waals surface area contributed by atoms with Gasteiger partial charge < -0.3 is 11.1 Å². The SMILES string of the molecule is CCc1nsc(NC(C)C(C)CN)n1. The quantitative estimate of drug-likeness (QED) is 0.779. The lowest BCUT2D eigenvalue weighted by Gasteiger charge is -2.18. The van der Waals surface area contributed by atoms with Gasteiger partial charge in [0.1, 0.15) is 5.82 Å². The molecule has 4 nitrogen and oxygen atoms in total. The van der Waals surface area contributed by atoms with Crippen LogP contribution in [0.5, 0.6) is 0 Å². The van der Waals surface area contributed by atoms with Crippen molar-refractivity contribution in [2.75, 3.05) is 11.9 Å². The van der Waals surface area contributed by atoms with E-state index < -0.39 is 0 Å². The van der Waals surface area contributed by atoms with Crippen LogP contribution in [0.15, 0.2) is 0 Å². The minimum absolute atomic E-state index is 0.345. The molecule has 3 N–H and O–H groups in total. The summed E-state index contributed by atoms with van der Waals surface area (Å²) in [4.78, 5) is 4.34. The molecule has 2 unspecified atom stereocenters. The maximum atomic E-state index is 5.59. The molecule has 1 aromatic heterocycles. The van der Waals surface area contributed by atoms with Crippen LogP contribution in [0.2, 0.25) is 0 Å². The van der Waals surface area contributed by atoms with Crippen molar-refractivity contribution in [1.82, 2.24) is 9.36 Å². The van der Waals surface area contributed by atoms with E-state index in [1.54, 1.807) is 0 Å². The Bertz CT molecular complexity index is 274. The van der Waals surface area contributed by atoms with Crippen molar-refractivity contribution in [3.63, 3.8) is 0 Å². The number of rotatable bonds is 5. The second-order valence-corrected chi connectivity index (χ2v) is 4.27. The lowest BCUT2D eigenvalue weighted by molar-refractivity contribution is 0.521. The van der Waals surface area contributed by atoms with Crippen LogP contribution in [-0.4, -0.2) is 21.9 Å². The summed E-state index contributed by atoms with van der Waals surface area (Å²) in [6, 6.07) is 0.345. The van der Waals surface area contributed by atoms with Crippen LogP contribution in [0, 0.1) is 5.92 Å². The van der Waals surface area contributed by atoms with Crippen molar-refractivity contribution >= 4 is 16.7 Å². The third kappa shape index (κ3) is 2.92. The summed E-state index contributed by atoms with van der Waals surface area (Å²) >= 11 is 1.42. The number of hydrogen-bond donors (Lipinski definition) is 2. The van der Waals surface area contributed by atoms with Gasteiger partial charge in [0.15, 0.2) is 0 Å². The van der Waals surface area contributed by atoms with Crippen LogP contribution in [0.1, 0.15) is 26.6 Å². The molecule has 0 aromatic carbocycles. The lowest BCUT2D eigenvalue weighted by atomic mass is 10.1. The summed E-state index contributed by atoms with van der Waals surface area (Å²) in [6.07, 6.45) is 0.888. The Kier molecular flexibility index (Phi) is 4.28. The van der Waals surface area contributed by atoms with Crippen LogP contribution in [-0.2, 0) is 6.42 Å². The highest BCUT2D eigenvalue weighted by Crippen LogP contribution is 2.14. The van der Waals surface area contributed by atoms with E-state index in [-0.39, 0.29) is 0 Å². The summed E-state index contributed by atoms with van der Waals surface area (Å²) in [5, 5.41) is 4.21. The first-order chi connectivity index (χ1) is 6.67. The van der Waals surface area contributed by atoms with E-state index in [2.05, 4.69) is 35.4 Å². The second kappa shape index (κ2) is 5.26. The van der Waals surface area contributed by atoms with Crippen LogP contribution >= 0.6 is 11.5 Å². The largest absolute Gasteiger partial charge is 0.358 e. The molecule has 0 bridgehead atoms. The van der Waals surface area contributed by atoms with Gasteiger partial charge in [0.05, 0.1) is 0 Å². The van der Waals surface area contributed by atoms with E-state index in [4.69, 9.17) is 5.73 Å². The van der Waals surface area contributed by atoms with Crippen LogP contribution in [0.25, 0.3) is 0 Å². The first kappa shape index (κ1) is 11.4. The summed E-state index contributed by atoms with van der Waals surface area (Å²) in [6.45, 7) is 6.98. The van der Waals surface area contributed by atoms with Gasteiger partial charge in [-0.15, -0.1) is 0 Å². The molecule has 5 heteroatoms. The van der Waals surface area contributed by atoms with Gasteiger partial charge in [-0.3, -0.25) is 0 Å². The Morgan fingerprint density at radius 2 is 2.21 bits per heavy atom. The zero-order valence-corrected chi connectivity index (χ0v) is 9.77. The van der Waals surface area contributed by atoms with E-state index in [1.165, 1.54) is 11.5 Å². The maximum Gasteiger partial charge on any atom is 0.202 e. The van der Waals surface area contributed by atoms with Crippen molar-refractivity contribution in [2.24, 2.45) is 11.7 Å². The molecular formula is C9H18N4S. The molecule has 0 saturated heterocycles. The molecule has 0 aliphatic rings. The number of aromatic nitrogens is 2. The van der Waals surface area contributed by atoms with Crippen LogP contribution in [0.4, 0.5) is 5.13 Å². The molecule has 0 saturated carbocycles. The second-order valence-electron chi connectivity index (χ2n) is 3.52. The van der Waals surface area contributed by atoms with Crippen molar-refractivity contribution in [3.8, 4) is 0 Å².